The molecule has 1 aromatic heterocycles. The molecule has 2 N–H and O–H groups in total. The predicted molar refractivity (Wildman–Crippen MR) is 115 cm³/mol. The van der Waals surface area contributed by atoms with Gasteiger partial charge in [-0.3, -0.25) is 9.36 Å². The Hall–Kier alpha value is -2.71. The van der Waals surface area contributed by atoms with Crippen molar-refractivity contribution < 1.29 is 9.53 Å². The quantitative estimate of drug-likeness (QED) is 0.531. The number of benzene rings is 2. The molecule has 0 saturated heterocycles. The number of carbonyl (C=O) groups excluding carboxylic acids is 1. The van der Waals surface area contributed by atoms with Crippen LogP contribution in [0.5, 0.6) is 5.75 Å². The fourth-order valence-electron chi connectivity index (χ4n) is 2.70. The number of halogens is 1. The molecular weight excluding hydrogens is 412 g/mol. The molecule has 0 spiro atoms. The van der Waals surface area contributed by atoms with Crippen LogP contribution in [0, 0.1) is 0 Å². The number of hydrogen-bond acceptors (Lipinski definition) is 5. The van der Waals surface area contributed by atoms with Crippen LogP contribution in [-0.4, -0.2) is 33.0 Å². The summed E-state index contributed by atoms with van der Waals surface area (Å²) in [7, 11) is 1.52. The highest BCUT2D eigenvalue weighted by molar-refractivity contribution is 8.00. The maximum Gasteiger partial charge on any atom is 0.343 e. The zero-order valence-corrected chi connectivity index (χ0v) is 17.6. The molecule has 152 valence electrons. The van der Waals surface area contributed by atoms with Crippen molar-refractivity contribution in [3.05, 3.63) is 69.6 Å². The lowest BCUT2D eigenvalue weighted by molar-refractivity contribution is -0.115. The number of nitrogens with zero attached hydrogens (tertiary/aromatic N) is 2. The van der Waals surface area contributed by atoms with Crippen molar-refractivity contribution in [1.82, 2.24) is 14.8 Å². The average molecular weight is 433 g/mol. The van der Waals surface area contributed by atoms with Gasteiger partial charge in [0.15, 0.2) is 5.16 Å². The van der Waals surface area contributed by atoms with E-state index in [2.05, 4.69) is 15.5 Å². The van der Waals surface area contributed by atoms with Gasteiger partial charge in [-0.1, -0.05) is 53.7 Å². The number of aryl methyl sites for hydroxylation is 1. The smallest absolute Gasteiger partial charge is 0.343 e. The summed E-state index contributed by atoms with van der Waals surface area (Å²) in [6.45, 7) is 2.22. The lowest BCUT2D eigenvalue weighted by atomic mass is 10.1. The molecule has 1 heterocycles. The van der Waals surface area contributed by atoms with E-state index in [1.807, 2.05) is 30.3 Å². The molecular formula is C20H21ClN4O3S. The number of carbonyl (C=O) groups is 1. The molecule has 29 heavy (non-hydrogen) atoms. The number of methoxy groups -OCH3 is 1. The van der Waals surface area contributed by atoms with Crippen molar-refractivity contribution in [3.63, 3.8) is 0 Å². The van der Waals surface area contributed by atoms with Gasteiger partial charge < -0.3 is 10.1 Å². The molecule has 3 aromatic rings. The Morgan fingerprint density at radius 1 is 1.31 bits per heavy atom. The molecule has 0 aliphatic carbocycles. The van der Waals surface area contributed by atoms with Gasteiger partial charge in [0.25, 0.3) is 0 Å². The van der Waals surface area contributed by atoms with Crippen LogP contribution in [0.3, 0.4) is 0 Å². The van der Waals surface area contributed by atoms with Crippen molar-refractivity contribution in [2.75, 3.05) is 12.4 Å². The molecule has 1 unspecified atom stereocenters. The Kier molecular flexibility index (Phi) is 7.00. The summed E-state index contributed by atoms with van der Waals surface area (Å²) in [6, 6.07) is 14.9. The van der Waals surface area contributed by atoms with E-state index in [9.17, 15) is 9.59 Å². The molecule has 0 bridgehead atoms. The Morgan fingerprint density at radius 2 is 2.07 bits per heavy atom. The monoisotopic (exact) mass is 432 g/mol. The van der Waals surface area contributed by atoms with Crippen LogP contribution in [0.15, 0.2) is 58.5 Å². The maximum absolute atomic E-state index is 12.6. The molecule has 0 aliphatic rings. The lowest BCUT2D eigenvalue weighted by Gasteiger charge is -2.14. The molecule has 0 fully saturated rings. The molecule has 1 atom stereocenters. The van der Waals surface area contributed by atoms with Crippen molar-refractivity contribution >= 4 is 35.0 Å². The van der Waals surface area contributed by atoms with E-state index in [0.717, 1.165) is 5.56 Å². The van der Waals surface area contributed by atoms with Gasteiger partial charge in [0.05, 0.1) is 18.0 Å². The molecule has 0 aliphatic heterocycles. The van der Waals surface area contributed by atoms with Crippen LogP contribution in [0.25, 0.3) is 0 Å². The lowest BCUT2D eigenvalue weighted by Crippen LogP contribution is -2.24. The topological polar surface area (TPSA) is 89.0 Å². The van der Waals surface area contributed by atoms with Crippen LogP contribution in [-0.2, 0) is 17.8 Å². The highest BCUT2D eigenvalue weighted by atomic mass is 35.5. The summed E-state index contributed by atoms with van der Waals surface area (Å²) >= 11 is 7.22. The first-order chi connectivity index (χ1) is 14.0. The minimum Gasteiger partial charge on any atom is -0.495 e. The van der Waals surface area contributed by atoms with E-state index >= 15 is 0 Å². The summed E-state index contributed by atoms with van der Waals surface area (Å²) in [6.07, 6.45) is 0.689. The molecule has 1 amide bonds. The highest BCUT2D eigenvalue weighted by Crippen LogP contribution is 2.29. The fraction of sp³-hybridized carbons (Fsp3) is 0.250. The minimum atomic E-state index is -0.496. The largest absolute Gasteiger partial charge is 0.495 e. The molecule has 3 rings (SSSR count). The fourth-order valence-corrected chi connectivity index (χ4v) is 3.75. The van der Waals surface area contributed by atoms with E-state index in [1.165, 1.54) is 18.9 Å². The molecule has 2 aromatic carbocycles. The number of thioether (sulfide) groups is 1. The van der Waals surface area contributed by atoms with E-state index < -0.39 is 5.25 Å². The number of ether oxygens (including phenoxy) is 1. The van der Waals surface area contributed by atoms with Gasteiger partial charge in [-0.05, 0) is 37.1 Å². The predicted octanol–water partition coefficient (Wildman–Crippen LogP) is 3.60. The standard InChI is InChI=1S/C20H21ClN4O3S/c1-13(18(26)22-16-12-15(21)8-9-17(16)28-2)29-20-24-23-19(27)25(20)11-10-14-6-4-3-5-7-14/h3-9,12-13H,10-11H2,1-2H3,(H,22,26)(H,23,27). The van der Waals surface area contributed by atoms with Crippen LogP contribution in [0.4, 0.5) is 5.69 Å². The van der Waals surface area contributed by atoms with Gasteiger partial charge in [-0.2, -0.15) is 0 Å². The minimum absolute atomic E-state index is 0.249. The Morgan fingerprint density at radius 3 is 2.79 bits per heavy atom. The summed E-state index contributed by atoms with van der Waals surface area (Å²) in [4.78, 5) is 24.8. The molecule has 0 radical (unpaired) electrons. The Bertz CT molecular complexity index is 1040. The Balaban J connectivity index is 1.67. The van der Waals surface area contributed by atoms with Gasteiger partial charge in [0.2, 0.25) is 5.91 Å². The molecule has 0 saturated carbocycles. The molecule has 9 heteroatoms. The SMILES string of the molecule is COc1ccc(Cl)cc1NC(=O)C(C)Sc1n[nH]c(=O)n1CCc1ccccc1. The van der Waals surface area contributed by atoms with Gasteiger partial charge in [-0.15, -0.1) is 5.10 Å². The summed E-state index contributed by atoms with van der Waals surface area (Å²) < 4.78 is 6.80. The second kappa shape index (κ2) is 9.67. The first-order valence-corrected chi connectivity index (χ1v) is 10.2. The summed E-state index contributed by atoms with van der Waals surface area (Å²) in [5, 5.41) is 9.80. The van der Waals surface area contributed by atoms with E-state index in [1.54, 1.807) is 29.7 Å². The van der Waals surface area contributed by atoms with E-state index in [4.69, 9.17) is 16.3 Å². The number of anilines is 1. The maximum atomic E-state index is 12.6. The number of hydrogen-bond donors (Lipinski definition) is 2. The number of amides is 1. The van der Waals surface area contributed by atoms with Crippen LogP contribution in [0.1, 0.15) is 12.5 Å². The second-order valence-corrected chi connectivity index (χ2v) is 8.04. The first kappa shape index (κ1) is 21.0. The number of nitrogens with one attached hydrogen (secondary N) is 2. The summed E-state index contributed by atoms with van der Waals surface area (Å²) in [5.74, 6) is 0.264. The first-order valence-electron chi connectivity index (χ1n) is 8.98. The van der Waals surface area contributed by atoms with Gasteiger partial charge in [-0.25, -0.2) is 9.89 Å². The van der Waals surface area contributed by atoms with E-state index in [-0.39, 0.29) is 11.6 Å². The van der Waals surface area contributed by atoms with Crippen LogP contribution < -0.4 is 15.7 Å². The van der Waals surface area contributed by atoms with E-state index in [0.29, 0.717) is 34.6 Å². The van der Waals surface area contributed by atoms with Crippen LogP contribution in [0.2, 0.25) is 5.02 Å². The van der Waals surface area contributed by atoms with Crippen molar-refractivity contribution in [2.45, 2.75) is 30.3 Å². The third-order valence-corrected chi connectivity index (χ3v) is 5.59. The number of aromatic nitrogens is 3. The highest BCUT2D eigenvalue weighted by Gasteiger charge is 2.20. The van der Waals surface area contributed by atoms with Crippen molar-refractivity contribution in [3.8, 4) is 5.75 Å². The third-order valence-electron chi connectivity index (χ3n) is 4.26. The zero-order valence-electron chi connectivity index (χ0n) is 16.0. The summed E-state index contributed by atoms with van der Waals surface area (Å²) in [5.41, 5.74) is 1.31. The van der Waals surface area contributed by atoms with Crippen molar-refractivity contribution in [1.29, 1.82) is 0 Å². The number of aromatic amines is 1. The Labute approximate surface area is 177 Å². The normalized spacial score (nSPS) is 11.8. The van der Waals surface area contributed by atoms with Gasteiger partial charge in [0.1, 0.15) is 5.75 Å². The van der Waals surface area contributed by atoms with Gasteiger partial charge in [0, 0.05) is 11.6 Å². The van der Waals surface area contributed by atoms with Gasteiger partial charge >= 0.3 is 5.69 Å². The average Bonchev–Trinajstić information content (AvgIpc) is 3.06. The van der Waals surface area contributed by atoms with Crippen LogP contribution >= 0.6 is 23.4 Å². The zero-order chi connectivity index (χ0) is 20.8. The molecule has 7 nitrogen and oxygen atoms in total. The second-order valence-electron chi connectivity index (χ2n) is 6.29. The van der Waals surface area contributed by atoms with Crippen molar-refractivity contribution in [2.24, 2.45) is 0 Å². The number of rotatable bonds is 8. The number of H-pyrrole nitrogens is 1. The third kappa shape index (κ3) is 5.42.